The third-order valence-corrected chi connectivity index (χ3v) is 10.5. The van der Waals surface area contributed by atoms with Crippen LogP contribution >= 0.6 is 0 Å². The van der Waals surface area contributed by atoms with Gasteiger partial charge < -0.3 is 60.1 Å². The summed E-state index contributed by atoms with van der Waals surface area (Å²) < 4.78 is 33.7. The number of nitrogens with zero attached hydrogens (tertiary/aromatic N) is 3. The number of fused-ring (bicyclic) bond motifs is 1. The van der Waals surface area contributed by atoms with E-state index >= 15 is 0 Å². The Kier molecular flexibility index (Phi) is 14.8. The van der Waals surface area contributed by atoms with E-state index < -0.39 is 61.4 Å². The molecule has 0 spiro atoms. The molecule has 0 radical (unpaired) electrons. The van der Waals surface area contributed by atoms with Crippen molar-refractivity contribution in [2.45, 2.75) is 101 Å². The van der Waals surface area contributed by atoms with E-state index in [1.54, 1.807) is 29.2 Å². The zero-order valence-corrected chi connectivity index (χ0v) is 32.0. The molecule has 2 aliphatic rings. The minimum absolute atomic E-state index is 0.113. The lowest BCUT2D eigenvalue weighted by Gasteiger charge is -2.40. The first-order valence-electron chi connectivity index (χ1n) is 19.5. The van der Waals surface area contributed by atoms with Gasteiger partial charge in [-0.3, -0.25) is 4.90 Å². The number of rotatable bonds is 18. The monoisotopic (exact) mass is 781 g/mol. The second kappa shape index (κ2) is 19.7. The van der Waals surface area contributed by atoms with Crippen LogP contribution in [0.4, 0.5) is 0 Å². The van der Waals surface area contributed by atoms with Gasteiger partial charge in [-0.15, -0.1) is 0 Å². The lowest BCUT2D eigenvalue weighted by Crippen LogP contribution is -2.56. The molecular formula is C41H57N4O11+. The summed E-state index contributed by atoms with van der Waals surface area (Å²) in [7, 11) is 0. The predicted molar refractivity (Wildman–Crippen MR) is 204 cm³/mol. The number of ether oxygens (including phenoxy) is 5. The normalized spacial score (nSPS) is 25.2. The zero-order valence-electron chi connectivity index (χ0n) is 32.0. The van der Waals surface area contributed by atoms with E-state index in [4.69, 9.17) is 29.4 Å². The van der Waals surface area contributed by atoms with Gasteiger partial charge in [-0.2, -0.15) is 0 Å². The van der Waals surface area contributed by atoms with Gasteiger partial charge in [-0.1, -0.05) is 60.7 Å². The fraction of sp³-hybridized carbons (Fsp3) is 0.537. The van der Waals surface area contributed by atoms with E-state index in [0.717, 1.165) is 29.9 Å². The highest BCUT2D eigenvalue weighted by molar-refractivity contribution is 5.74. The first-order valence-corrected chi connectivity index (χ1v) is 19.5. The number of aliphatic hydroxyl groups excluding tert-OH is 6. The smallest absolute Gasteiger partial charge is 0.271 e. The Bertz CT molecular complexity index is 1720. The van der Waals surface area contributed by atoms with Crippen molar-refractivity contribution in [1.82, 2.24) is 9.47 Å². The fourth-order valence-electron chi connectivity index (χ4n) is 7.60. The van der Waals surface area contributed by atoms with Crippen molar-refractivity contribution in [2.75, 3.05) is 39.5 Å². The predicted octanol–water partition coefficient (Wildman–Crippen LogP) is 0.892. The number of aliphatic hydroxyl groups is 6. The zero-order chi connectivity index (χ0) is 39.8. The molecule has 56 heavy (non-hydrogen) atoms. The van der Waals surface area contributed by atoms with Crippen molar-refractivity contribution in [1.29, 1.82) is 0 Å². The van der Waals surface area contributed by atoms with Gasteiger partial charge in [0.15, 0.2) is 23.6 Å². The Morgan fingerprint density at radius 2 is 1.34 bits per heavy atom. The first kappa shape index (κ1) is 42.1. The number of aromatic nitrogens is 2. The van der Waals surface area contributed by atoms with Crippen LogP contribution in [-0.4, -0.2) is 128 Å². The Labute approximate surface area is 327 Å². The standard InChI is InChI=1S/C41H57N4O11/c1-3-44-29-17-16-28(20-30(29)45(4-2)35(44)21-42)52-19-11-18-43(22-31(46)36(50)38-33(48)24-53-40(55-38)26-12-7-5-8-13-26)23-32(47)37(51)39-34(49)25-54-41(56-39)27-14-9-6-10-15-27/h5-10,12-17,20,31-34,36-41,46-51H,3-4,11,18-19,21-25,42H2,1-2H3/q+1/t31?,32?,33-,34-,36?,37?,38-,39-,40?,41?/m1/s1. The second-order valence-corrected chi connectivity index (χ2v) is 14.3. The number of nitrogens with two attached hydrogens (primary N) is 1. The fourth-order valence-corrected chi connectivity index (χ4v) is 7.60. The van der Waals surface area contributed by atoms with Crippen LogP contribution in [0.2, 0.25) is 0 Å². The Hall–Kier alpha value is -3.55. The molecule has 8 N–H and O–H groups in total. The van der Waals surface area contributed by atoms with E-state index in [1.165, 1.54) is 0 Å². The van der Waals surface area contributed by atoms with Gasteiger partial charge in [0.05, 0.1) is 51.7 Å². The van der Waals surface area contributed by atoms with Gasteiger partial charge in [0.1, 0.15) is 42.4 Å². The van der Waals surface area contributed by atoms with Gasteiger partial charge in [0.25, 0.3) is 5.82 Å². The van der Waals surface area contributed by atoms with E-state index in [2.05, 4.69) is 23.0 Å². The lowest BCUT2D eigenvalue weighted by molar-refractivity contribution is -0.676. The molecule has 306 valence electrons. The molecule has 10 atom stereocenters. The molecule has 3 heterocycles. The maximum atomic E-state index is 11.4. The van der Waals surface area contributed by atoms with Crippen molar-refractivity contribution in [3.05, 3.63) is 95.8 Å². The molecule has 2 fully saturated rings. The van der Waals surface area contributed by atoms with Crippen molar-refractivity contribution >= 4 is 11.0 Å². The summed E-state index contributed by atoms with van der Waals surface area (Å²) in [5, 5.41) is 66.8. The highest BCUT2D eigenvalue weighted by Gasteiger charge is 2.42. The summed E-state index contributed by atoms with van der Waals surface area (Å²) in [6.07, 6.45) is -12.0. The summed E-state index contributed by atoms with van der Waals surface area (Å²) in [6, 6.07) is 24.1. The Balaban J connectivity index is 1.13. The van der Waals surface area contributed by atoms with Gasteiger partial charge >= 0.3 is 0 Å². The van der Waals surface area contributed by atoms with Crippen LogP contribution in [0.25, 0.3) is 11.0 Å². The molecule has 3 aromatic carbocycles. The quantitative estimate of drug-likeness (QED) is 0.0555. The molecule has 15 nitrogen and oxygen atoms in total. The van der Waals surface area contributed by atoms with Gasteiger partial charge in [0, 0.05) is 36.8 Å². The van der Waals surface area contributed by atoms with E-state index in [1.807, 2.05) is 54.6 Å². The van der Waals surface area contributed by atoms with Crippen molar-refractivity contribution in [2.24, 2.45) is 5.73 Å². The molecule has 1 aromatic heterocycles. The molecule has 6 rings (SSSR count). The van der Waals surface area contributed by atoms with Crippen LogP contribution in [0.1, 0.15) is 49.8 Å². The summed E-state index contributed by atoms with van der Waals surface area (Å²) in [5.41, 5.74) is 9.58. The molecular weight excluding hydrogens is 724 g/mol. The Morgan fingerprint density at radius 3 is 1.82 bits per heavy atom. The van der Waals surface area contributed by atoms with Crippen LogP contribution < -0.4 is 15.0 Å². The first-order chi connectivity index (χ1) is 27.1. The van der Waals surface area contributed by atoms with Crippen molar-refractivity contribution in [3.63, 3.8) is 0 Å². The van der Waals surface area contributed by atoms with Gasteiger partial charge in [-0.05, 0) is 32.4 Å². The summed E-state index contributed by atoms with van der Waals surface area (Å²) in [5.74, 6) is 1.70. The highest BCUT2D eigenvalue weighted by atomic mass is 16.7. The number of imidazole rings is 1. The summed E-state index contributed by atoms with van der Waals surface area (Å²) >= 11 is 0. The topological polar surface area (TPSA) is 206 Å². The molecule has 6 unspecified atom stereocenters. The number of hydrogen-bond acceptors (Lipinski definition) is 13. The second-order valence-electron chi connectivity index (χ2n) is 14.3. The summed E-state index contributed by atoms with van der Waals surface area (Å²) in [6.45, 7) is 6.12. The largest absolute Gasteiger partial charge is 0.493 e. The molecule has 0 bridgehead atoms. The SMILES string of the molecule is CCn1c(CN)[n+](CC)c2ccc(OCCCN(CC(O)C(O)[C@@H]3OC(c4ccccc4)OC[C@H]3O)CC(O)C(O)[C@@H]3OC(c4ccccc4)OC[C@H]3O)cc21. The summed E-state index contributed by atoms with van der Waals surface area (Å²) in [4.78, 5) is 1.69. The minimum Gasteiger partial charge on any atom is -0.493 e. The van der Waals surface area contributed by atoms with Crippen LogP contribution in [0.15, 0.2) is 78.9 Å². The van der Waals surface area contributed by atoms with Gasteiger partial charge in [-0.25, -0.2) is 9.13 Å². The minimum atomic E-state index is -1.53. The van der Waals surface area contributed by atoms with Crippen molar-refractivity contribution < 1.29 is 58.9 Å². The van der Waals surface area contributed by atoms with Crippen molar-refractivity contribution in [3.8, 4) is 5.75 Å². The lowest BCUT2D eigenvalue weighted by atomic mass is 9.99. The molecule has 15 heteroatoms. The highest BCUT2D eigenvalue weighted by Crippen LogP contribution is 2.31. The van der Waals surface area contributed by atoms with Crippen LogP contribution in [-0.2, 0) is 38.6 Å². The number of hydrogen-bond donors (Lipinski definition) is 7. The maximum absolute atomic E-state index is 11.4. The number of benzene rings is 3. The molecule has 0 amide bonds. The molecule has 2 saturated heterocycles. The van der Waals surface area contributed by atoms with Crippen LogP contribution in [0.3, 0.4) is 0 Å². The van der Waals surface area contributed by atoms with Gasteiger partial charge in [0.2, 0.25) is 0 Å². The Morgan fingerprint density at radius 1 is 0.804 bits per heavy atom. The third kappa shape index (κ3) is 9.76. The van der Waals surface area contributed by atoms with E-state index in [-0.39, 0.29) is 39.5 Å². The average molecular weight is 782 g/mol. The molecule has 0 saturated carbocycles. The molecule has 0 aliphatic carbocycles. The van der Waals surface area contributed by atoms with Crippen LogP contribution in [0.5, 0.6) is 5.75 Å². The maximum Gasteiger partial charge on any atom is 0.271 e. The molecule has 2 aliphatic heterocycles. The van der Waals surface area contributed by atoms with E-state index in [9.17, 15) is 30.6 Å². The molecule has 4 aromatic rings. The van der Waals surface area contributed by atoms with E-state index in [0.29, 0.717) is 29.8 Å². The van der Waals surface area contributed by atoms with Crippen LogP contribution in [0, 0.1) is 0 Å². The number of aryl methyl sites for hydroxylation is 2. The average Bonchev–Trinajstić information content (AvgIpc) is 3.54. The third-order valence-electron chi connectivity index (χ3n) is 10.5.